The maximum atomic E-state index is 3.63. The first-order valence-electron chi connectivity index (χ1n) is 8.82. The summed E-state index contributed by atoms with van der Waals surface area (Å²) >= 11 is 0. The van der Waals surface area contributed by atoms with Gasteiger partial charge in [0.2, 0.25) is 0 Å². The van der Waals surface area contributed by atoms with Crippen molar-refractivity contribution in [2.45, 2.75) is 40.0 Å². The number of hydrogen-bond acceptors (Lipinski definition) is 3. The van der Waals surface area contributed by atoms with Crippen LogP contribution in [0.3, 0.4) is 0 Å². The van der Waals surface area contributed by atoms with Gasteiger partial charge in [-0.05, 0) is 76.3 Å². The van der Waals surface area contributed by atoms with E-state index in [0.717, 1.165) is 17.8 Å². The van der Waals surface area contributed by atoms with Gasteiger partial charge in [0.05, 0.1) is 0 Å². The van der Waals surface area contributed by atoms with Crippen molar-refractivity contribution in [3.8, 4) is 0 Å². The maximum Gasteiger partial charge on any atom is 0.00224 e. The standard InChI is InChI=1S/C17H35N3/c1-4-19-8-5-16(6-9-19)13-20-10-7-17(14-20)12-18-11-15(2)3/h15-18H,4-14H2,1-3H3. The predicted octanol–water partition coefficient (Wildman–Crippen LogP) is 2.29. The molecule has 1 atom stereocenters. The molecule has 20 heavy (non-hydrogen) atoms. The first kappa shape index (κ1) is 16.3. The first-order valence-corrected chi connectivity index (χ1v) is 8.82. The van der Waals surface area contributed by atoms with Gasteiger partial charge in [0.1, 0.15) is 0 Å². The average Bonchev–Trinajstić information content (AvgIpc) is 2.87. The summed E-state index contributed by atoms with van der Waals surface area (Å²) in [5.74, 6) is 2.63. The summed E-state index contributed by atoms with van der Waals surface area (Å²) in [6.45, 7) is 17.2. The Morgan fingerprint density at radius 1 is 1.00 bits per heavy atom. The average molecular weight is 281 g/mol. The Morgan fingerprint density at radius 2 is 1.65 bits per heavy atom. The molecule has 2 heterocycles. The number of likely N-dealkylation sites (tertiary alicyclic amines) is 2. The molecular weight excluding hydrogens is 246 g/mol. The van der Waals surface area contributed by atoms with Crippen molar-refractivity contribution in [1.82, 2.24) is 15.1 Å². The Hall–Kier alpha value is -0.120. The highest BCUT2D eigenvalue weighted by Crippen LogP contribution is 2.22. The minimum atomic E-state index is 0.774. The lowest BCUT2D eigenvalue weighted by Crippen LogP contribution is -2.38. The van der Waals surface area contributed by atoms with Crippen molar-refractivity contribution in [3.63, 3.8) is 0 Å². The molecule has 1 unspecified atom stereocenters. The van der Waals surface area contributed by atoms with Gasteiger partial charge in [0, 0.05) is 13.1 Å². The monoisotopic (exact) mass is 281 g/mol. The smallest absolute Gasteiger partial charge is 0.00224 e. The van der Waals surface area contributed by atoms with E-state index in [1.807, 2.05) is 0 Å². The quantitative estimate of drug-likeness (QED) is 0.772. The topological polar surface area (TPSA) is 18.5 Å². The van der Waals surface area contributed by atoms with Gasteiger partial charge < -0.3 is 15.1 Å². The van der Waals surface area contributed by atoms with Gasteiger partial charge in [0.15, 0.2) is 0 Å². The van der Waals surface area contributed by atoms with Crippen molar-refractivity contribution < 1.29 is 0 Å². The Morgan fingerprint density at radius 3 is 2.30 bits per heavy atom. The second-order valence-corrected chi connectivity index (χ2v) is 7.34. The summed E-state index contributed by atoms with van der Waals surface area (Å²) in [4.78, 5) is 5.33. The summed E-state index contributed by atoms with van der Waals surface area (Å²) in [5.41, 5.74) is 0. The number of nitrogens with zero attached hydrogens (tertiary/aromatic N) is 2. The second-order valence-electron chi connectivity index (χ2n) is 7.34. The van der Waals surface area contributed by atoms with Crippen LogP contribution in [0.4, 0.5) is 0 Å². The van der Waals surface area contributed by atoms with Gasteiger partial charge in [-0.15, -0.1) is 0 Å². The fraction of sp³-hybridized carbons (Fsp3) is 1.00. The maximum absolute atomic E-state index is 3.63. The van der Waals surface area contributed by atoms with Crippen molar-refractivity contribution >= 4 is 0 Å². The van der Waals surface area contributed by atoms with Crippen LogP contribution in [0.25, 0.3) is 0 Å². The van der Waals surface area contributed by atoms with E-state index in [-0.39, 0.29) is 0 Å². The van der Waals surface area contributed by atoms with Gasteiger partial charge in [-0.3, -0.25) is 0 Å². The van der Waals surface area contributed by atoms with Crippen LogP contribution >= 0.6 is 0 Å². The highest BCUT2D eigenvalue weighted by molar-refractivity contribution is 4.81. The molecule has 0 aromatic rings. The molecule has 0 bridgehead atoms. The summed E-state index contributed by atoms with van der Waals surface area (Å²) in [7, 11) is 0. The molecule has 0 aromatic heterocycles. The van der Waals surface area contributed by atoms with Crippen LogP contribution in [0, 0.1) is 17.8 Å². The molecule has 0 spiro atoms. The zero-order chi connectivity index (χ0) is 14.4. The van der Waals surface area contributed by atoms with E-state index in [4.69, 9.17) is 0 Å². The van der Waals surface area contributed by atoms with Crippen LogP contribution in [-0.4, -0.2) is 62.2 Å². The van der Waals surface area contributed by atoms with Crippen LogP contribution in [0.5, 0.6) is 0 Å². The largest absolute Gasteiger partial charge is 0.316 e. The summed E-state index contributed by atoms with van der Waals surface area (Å²) in [5, 5.41) is 3.63. The molecule has 0 radical (unpaired) electrons. The molecule has 0 saturated carbocycles. The third-order valence-corrected chi connectivity index (χ3v) is 5.03. The van der Waals surface area contributed by atoms with Crippen LogP contribution in [0.1, 0.15) is 40.0 Å². The Bertz CT molecular complexity index is 259. The van der Waals surface area contributed by atoms with E-state index in [0.29, 0.717) is 0 Å². The summed E-state index contributed by atoms with van der Waals surface area (Å²) < 4.78 is 0. The molecule has 2 rings (SSSR count). The summed E-state index contributed by atoms with van der Waals surface area (Å²) in [6, 6.07) is 0. The van der Waals surface area contributed by atoms with E-state index in [1.54, 1.807) is 0 Å². The Kier molecular flexibility index (Phi) is 6.79. The lowest BCUT2D eigenvalue weighted by atomic mass is 9.96. The molecule has 3 heteroatoms. The van der Waals surface area contributed by atoms with Crippen molar-refractivity contribution in [2.75, 3.05) is 52.4 Å². The van der Waals surface area contributed by atoms with Crippen molar-refractivity contribution in [3.05, 3.63) is 0 Å². The normalized spacial score (nSPS) is 26.7. The molecular formula is C17H35N3. The highest BCUT2D eigenvalue weighted by Gasteiger charge is 2.26. The second kappa shape index (κ2) is 8.35. The van der Waals surface area contributed by atoms with Gasteiger partial charge in [-0.2, -0.15) is 0 Å². The predicted molar refractivity (Wildman–Crippen MR) is 87.1 cm³/mol. The van der Waals surface area contributed by atoms with Gasteiger partial charge in [0.25, 0.3) is 0 Å². The van der Waals surface area contributed by atoms with Gasteiger partial charge >= 0.3 is 0 Å². The van der Waals surface area contributed by atoms with E-state index >= 15 is 0 Å². The molecule has 3 nitrogen and oxygen atoms in total. The number of piperidine rings is 1. The van der Waals surface area contributed by atoms with Crippen LogP contribution in [0.2, 0.25) is 0 Å². The number of hydrogen-bond donors (Lipinski definition) is 1. The third-order valence-electron chi connectivity index (χ3n) is 5.03. The van der Waals surface area contributed by atoms with Gasteiger partial charge in [-0.1, -0.05) is 20.8 Å². The molecule has 2 aliphatic rings. The molecule has 118 valence electrons. The lowest BCUT2D eigenvalue weighted by Gasteiger charge is -2.33. The van der Waals surface area contributed by atoms with E-state index < -0.39 is 0 Å². The van der Waals surface area contributed by atoms with Crippen molar-refractivity contribution in [2.24, 2.45) is 17.8 Å². The number of rotatable bonds is 7. The first-order chi connectivity index (χ1) is 9.67. The number of nitrogens with one attached hydrogen (secondary N) is 1. The lowest BCUT2D eigenvalue weighted by molar-refractivity contribution is 0.157. The highest BCUT2D eigenvalue weighted by atomic mass is 15.2. The summed E-state index contributed by atoms with van der Waals surface area (Å²) in [6.07, 6.45) is 4.24. The van der Waals surface area contributed by atoms with E-state index in [2.05, 4.69) is 35.9 Å². The SMILES string of the molecule is CCN1CCC(CN2CCC(CNCC(C)C)C2)CC1. The van der Waals surface area contributed by atoms with Gasteiger partial charge in [-0.25, -0.2) is 0 Å². The van der Waals surface area contributed by atoms with Crippen LogP contribution in [0.15, 0.2) is 0 Å². The van der Waals surface area contributed by atoms with Crippen molar-refractivity contribution in [1.29, 1.82) is 0 Å². The fourth-order valence-corrected chi connectivity index (χ4v) is 3.67. The Labute approximate surface area is 126 Å². The fourth-order valence-electron chi connectivity index (χ4n) is 3.67. The molecule has 0 aliphatic carbocycles. The molecule has 2 fully saturated rings. The minimum Gasteiger partial charge on any atom is -0.316 e. The zero-order valence-corrected chi connectivity index (χ0v) is 13.9. The third kappa shape index (κ3) is 5.34. The Balaban J connectivity index is 1.59. The molecule has 2 saturated heterocycles. The minimum absolute atomic E-state index is 0.774. The van der Waals surface area contributed by atoms with Crippen LogP contribution < -0.4 is 5.32 Å². The molecule has 0 amide bonds. The molecule has 1 N–H and O–H groups in total. The van der Waals surface area contributed by atoms with E-state index in [9.17, 15) is 0 Å². The molecule has 2 aliphatic heterocycles. The van der Waals surface area contributed by atoms with E-state index in [1.165, 1.54) is 71.6 Å². The van der Waals surface area contributed by atoms with Crippen LogP contribution in [-0.2, 0) is 0 Å². The zero-order valence-electron chi connectivity index (χ0n) is 13.9. The molecule has 0 aromatic carbocycles.